The van der Waals surface area contributed by atoms with Gasteiger partial charge in [-0.05, 0) is 38.5 Å². The van der Waals surface area contributed by atoms with Gasteiger partial charge in [0.1, 0.15) is 11.2 Å². The molecule has 0 aromatic carbocycles. The summed E-state index contributed by atoms with van der Waals surface area (Å²) in [6.07, 6.45) is 86.3. The Hall–Kier alpha value is -0.200. The molecule has 2 atom stereocenters. The minimum atomic E-state index is -1.43. The van der Waals surface area contributed by atoms with Crippen molar-refractivity contribution in [1.82, 2.24) is 0 Å². The van der Waals surface area contributed by atoms with Crippen LogP contribution in [0.2, 0.25) is 0 Å². The van der Waals surface area contributed by atoms with Gasteiger partial charge in [-0.3, -0.25) is 0 Å². The minimum absolute atomic E-state index is 0.0187. The molecule has 0 bridgehead atoms. The van der Waals surface area contributed by atoms with Crippen LogP contribution in [0.1, 0.15) is 504 Å². The van der Waals surface area contributed by atoms with Crippen molar-refractivity contribution in [1.29, 1.82) is 0 Å². The number of ether oxygens (including phenoxy) is 1. The average Bonchev–Trinajstić information content (AvgIpc) is 2.47. The molecule has 5 nitrogen and oxygen atoms in total. The summed E-state index contributed by atoms with van der Waals surface area (Å²) in [5.74, 6) is 0. The Kier molecular flexibility index (Phi) is 67.6. The van der Waals surface area contributed by atoms with Gasteiger partial charge in [-0.25, -0.2) is 0 Å². The Morgan fingerprint density at radius 3 is 0.371 bits per heavy atom. The van der Waals surface area contributed by atoms with Crippen molar-refractivity contribution in [2.45, 2.75) is 526 Å². The van der Waals surface area contributed by atoms with E-state index >= 15 is 0 Å². The molecular weight excluding hydrogens is 1090 g/mol. The first-order chi connectivity index (χ1) is 43.6. The molecule has 5 heteroatoms. The van der Waals surface area contributed by atoms with E-state index in [1.165, 1.54) is 347 Å². The Bertz CT molecular complexity index is 1190. The monoisotopic (exact) mass is 1260 g/mol. The first kappa shape index (κ1) is 88.8. The van der Waals surface area contributed by atoms with E-state index in [0.29, 0.717) is 38.5 Å². The number of rotatable bonds is 78. The van der Waals surface area contributed by atoms with E-state index in [9.17, 15) is 20.4 Å². The van der Waals surface area contributed by atoms with Crippen LogP contribution in [-0.2, 0) is 4.74 Å². The molecule has 0 aliphatic carbocycles. The average molecular weight is 1260 g/mol. The Morgan fingerprint density at radius 1 is 0.146 bits per heavy atom. The van der Waals surface area contributed by atoms with Crippen molar-refractivity contribution < 1.29 is 25.2 Å². The van der Waals surface area contributed by atoms with Crippen LogP contribution < -0.4 is 0 Å². The fourth-order valence-electron chi connectivity index (χ4n) is 14.9. The van der Waals surface area contributed by atoms with Gasteiger partial charge in [0.15, 0.2) is 0 Å². The van der Waals surface area contributed by atoms with E-state index in [0.717, 1.165) is 77.0 Å². The van der Waals surface area contributed by atoms with Gasteiger partial charge in [0.05, 0.1) is 24.4 Å². The molecule has 536 valence electrons. The second kappa shape index (κ2) is 67.8. The molecule has 0 aromatic rings. The lowest BCUT2D eigenvalue weighted by Crippen LogP contribution is -2.60. The van der Waals surface area contributed by atoms with Crippen molar-refractivity contribution in [3.63, 3.8) is 0 Å². The minimum Gasteiger partial charge on any atom is -0.387 e. The van der Waals surface area contributed by atoms with Crippen molar-refractivity contribution in [3.8, 4) is 0 Å². The highest BCUT2D eigenvalue weighted by molar-refractivity contribution is 5.03. The highest BCUT2D eigenvalue weighted by atomic mass is 16.5. The number of aliphatic hydroxyl groups is 4. The molecule has 0 aromatic heterocycles. The summed E-state index contributed by atoms with van der Waals surface area (Å²) in [6.45, 7) is 13.8. The molecule has 0 radical (unpaired) electrons. The van der Waals surface area contributed by atoms with Gasteiger partial charge in [0.25, 0.3) is 0 Å². The maximum Gasteiger partial charge on any atom is 0.116 e. The number of hydrogen-bond donors (Lipinski definition) is 4. The van der Waals surface area contributed by atoms with Gasteiger partial charge in [-0.1, -0.05) is 465 Å². The summed E-state index contributed by atoms with van der Waals surface area (Å²) in [5, 5.41) is 53.7. The van der Waals surface area contributed by atoms with Crippen LogP contribution in [0, 0.1) is 0 Å². The van der Waals surface area contributed by atoms with Crippen LogP contribution in [0.3, 0.4) is 0 Å². The Balaban J connectivity index is 6.80. The number of hydrogen-bond acceptors (Lipinski definition) is 5. The van der Waals surface area contributed by atoms with Gasteiger partial charge in [-0.15, -0.1) is 0 Å². The summed E-state index contributed by atoms with van der Waals surface area (Å²) in [5.41, 5.74) is -5.38. The molecule has 0 saturated heterocycles. The normalized spacial score (nSPS) is 13.7. The van der Waals surface area contributed by atoms with E-state index < -0.39 is 22.4 Å². The zero-order chi connectivity index (χ0) is 65.0. The van der Waals surface area contributed by atoms with E-state index in [4.69, 9.17) is 4.74 Å². The highest BCUT2D eigenvalue weighted by Crippen LogP contribution is 2.41. The second-order valence-electron chi connectivity index (χ2n) is 30.3. The molecule has 2 unspecified atom stereocenters. The Labute approximate surface area is 561 Å². The third-order valence-corrected chi connectivity index (χ3v) is 21.6. The third-order valence-electron chi connectivity index (χ3n) is 21.6. The molecule has 0 aliphatic rings. The summed E-state index contributed by atoms with van der Waals surface area (Å²) in [6, 6.07) is 0. The summed E-state index contributed by atoms with van der Waals surface area (Å²) < 4.78 is 6.96. The summed E-state index contributed by atoms with van der Waals surface area (Å²) in [7, 11) is 0. The molecule has 0 amide bonds. The molecule has 0 rings (SSSR count). The van der Waals surface area contributed by atoms with Gasteiger partial charge in [-0.2, -0.15) is 0 Å². The first-order valence-electron chi connectivity index (χ1n) is 42.0. The lowest BCUT2D eigenvalue weighted by molar-refractivity contribution is -0.225. The van der Waals surface area contributed by atoms with E-state index in [1.807, 2.05) is 0 Å². The fourth-order valence-corrected chi connectivity index (χ4v) is 14.9. The van der Waals surface area contributed by atoms with Crippen molar-refractivity contribution in [2.75, 3.05) is 13.2 Å². The number of unbranched alkanes of at least 4 members (excludes halogenated alkanes) is 60. The predicted octanol–water partition coefficient (Wildman–Crippen LogP) is 28.1. The topological polar surface area (TPSA) is 90.2 Å². The fraction of sp³-hybridized carbons (Fsp3) is 1.00. The van der Waals surface area contributed by atoms with Crippen LogP contribution in [0.4, 0.5) is 0 Å². The van der Waals surface area contributed by atoms with Crippen molar-refractivity contribution >= 4 is 0 Å². The van der Waals surface area contributed by atoms with Crippen LogP contribution in [-0.4, -0.2) is 56.0 Å². The summed E-state index contributed by atoms with van der Waals surface area (Å²) >= 11 is 0. The van der Waals surface area contributed by atoms with Crippen LogP contribution >= 0.6 is 0 Å². The lowest BCUT2D eigenvalue weighted by atomic mass is 9.72. The van der Waals surface area contributed by atoms with Gasteiger partial charge < -0.3 is 25.2 Å². The van der Waals surface area contributed by atoms with E-state index in [1.54, 1.807) is 0 Å². The van der Waals surface area contributed by atoms with Crippen LogP contribution in [0.15, 0.2) is 0 Å². The maximum atomic E-state index is 13.5. The molecule has 4 N–H and O–H groups in total. The third kappa shape index (κ3) is 53.6. The van der Waals surface area contributed by atoms with Crippen LogP contribution in [0.25, 0.3) is 0 Å². The summed E-state index contributed by atoms with van der Waals surface area (Å²) in [4.78, 5) is 0. The molecule has 0 aliphatic heterocycles. The lowest BCUT2D eigenvalue weighted by Gasteiger charge is -2.47. The molecule has 0 heterocycles. The standard InChI is InChI=1S/C84H170O5/c1-7-13-19-25-31-37-43-49-55-61-67-73-81(85,74-68-62-56-50-44-38-32-26-20-14-8-2)83(87,77-71-65-59-53-47-41-35-29-23-17-11-5)79-89-80-84(88,78-72-66-60-54-48-42-36-30-24-18-12-6)82(86,75-69-63-57-51-45-39-33-27-21-15-9-3)76-70-64-58-52-46-40-34-28-22-16-10-4/h85-88H,7-80H2,1-6H3. The van der Waals surface area contributed by atoms with Crippen LogP contribution in [0.5, 0.6) is 0 Å². The van der Waals surface area contributed by atoms with Gasteiger partial charge >= 0.3 is 0 Å². The Morgan fingerprint density at radius 2 is 0.247 bits per heavy atom. The quantitative estimate of drug-likeness (QED) is 0.0456. The van der Waals surface area contributed by atoms with Crippen molar-refractivity contribution in [2.24, 2.45) is 0 Å². The van der Waals surface area contributed by atoms with Gasteiger partial charge in [0, 0.05) is 0 Å². The SMILES string of the molecule is CCCCCCCCCCCCCC(O)(CCCCCCCCCCCCC)C(O)(CCCCCCCCCCCCC)COCC(O)(CCCCCCCCCCCCC)C(O)(CCCCCCCCCCCCC)CCCCCCCCCCCCC. The molecule has 89 heavy (non-hydrogen) atoms. The predicted molar refractivity (Wildman–Crippen MR) is 397 cm³/mol. The zero-order valence-electron chi connectivity index (χ0n) is 62.5. The largest absolute Gasteiger partial charge is 0.387 e. The van der Waals surface area contributed by atoms with Gasteiger partial charge in [0.2, 0.25) is 0 Å². The molecule has 0 saturated carbocycles. The highest BCUT2D eigenvalue weighted by Gasteiger charge is 2.51. The van der Waals surface area contributed by atoms with Crippen molar-refractivity contribution in [3.05, 3.63) is 0 Å². The zero-order valence-corrected chi connectivity index (χ0v) is 62.5. The maximum absolute atomic E-state index is 13.5. The molecule has 0 spiro atoms. The smallest absolute Gasteiger partial charge is 0.116 e. The van der Waals surface area contributed by atoms with E-state index in [2.05, 4.69) is 41.5 Å². The van der Waals surface area contributed by atoms with E-state index in [-0.39, 0.29) is 13.2 Å². The first-order valence-corrected chi connectivity index (χ1v) is 42.0. The molecular formula is C84H170O5. The second-order valence-corrected chi connectivity index (χ2v) is 30.3. The molecule has 0 fully saturated rings.